The first kappa shape index (κ1) is 24.1. The van der Waals surface area contributed by atoms with Crippen molar-refractivity contribution in [1.82, 2.24) is 34.0 Å². The second-order valence-corrected chi connectivity index (χ2v) is 11.3. The maximum absolute atomic E-state index is 14.4. The number of benzene rings is 1. The Kier molecular flexibility index (Phi) is 5.88. The summed E-state index contributed by atoms with van der Waals surface area (Å²) in [7, 11) is -3.30. The lowest BCUT2D eigenvalue weighted by Gasteiger charge is -2.11. The van der Waals surface area contributed by atoms with E-state index in [0.29, 0.717) is 34.2 Å². The third kappa shape index (κ3) is 4.61. The summed E-state index contributed by atoms with van der Waals surface area (Å²) in [5.74, 6) is 0.283. The number of rotatable bonds is 6. The fraction of sp³-hybridized carbons (Fsp3) is 0.185. The number of nitrogens with one attached hydrogen (secondary N) is 1. The van der Waals surface area contributed by atoms with Gasteiger partial charge in [0.1, 0.15) is 17.2 Å². The number of aromatic amines is 1. The first-order chi connectivity index (χ1) is 18.2. The van der Waals surface area contributed by atoms with Crippen LogP contribution in [0.25, 0.3) is 34.0 Å². The highest BCUT2D eigenvalue weighted by Crippen LogP contribution is 2.33. The van der Waals surface area contributed by atoms with Crippen LogP contribution in [0.3, 0.4) is 0 Å². The fourth-order valence-corrected chi connectivity index (χ4v) is 5.29. The van der Waals surface area contributed by atoms with Crippen LogP contribution in [0, 0.1) is 12.7 Å². The van der Waals surface area contributed by atoms with Gasteiger partial charge in [-0.25, -0.2) is 17.8 Å². The van der Waals surface area contributed by atoms with E-state index in [4.69, 9.17) is 5.10 Å². The van der Waals surface area contributed by atoms with E-state index in [2.05, 4.69) is 19.9 Å². The van der Waals surface area contributed by atoms with Gasteiger partial charge in [-0.3, -0.25) is 14.6 Å². The molecule has 0 aliphatic carbocycles. The number of hydrogen-bond acceptors (Lipinski definition) is 6. The second kappa shape index (κ2) is 9.26. The smallest absolute Gasteiger partial charge is 0.211 e. The maximum atomic E-state index is 14.4. The third-order valence-electron chi connectivity index (χ3n) is 6.49. The van der Waals surface area contributed by atoms with Crippen molar-refractivity contribution in [1.29, 1.82) is 0 Å². The van der Waals surface area contributed by atoms with Crippen molar-refractivity contribution in [2.24, 2.45) is 0 Å². The highest BCUT2D eigenvalue weighted by atomic mass is 32.2. The van der Waals surface area contributed by atoms with Crippen molar-refractivity contribution in [3.8, 4) is 34.0 Å². The van der Waals surface area contributed by atoms with E-state index in [9.17, 15) is 12.8 Å². The number of pyridine rings is 2. The van der Waals surface area contributed by atoms with E-state index < -0.39 is 10.0 Å². The first-order valence-electron chi connectivity index (χ1n) is 12.0. The number of nitrogens with zero attached hydrogens (tertiary/aromatic N) is 6. The number of aryl methyl sites for hydroxylation is 1. The number of sulfonamides is 1. The monoisotopic (exact) mass is 529 g/mol. The summed E-state index contributed by atoms with van der Waals surface area (Å²) in [5.41, 5.74) is 6.53. The zero-order valence-electron chi connectivity index (χ0n) is 20.8. The molecule has 0 amide bonds. The van der Waals surface area contributed by atoms with Crippen LogP contribution < -0.4 is 0 Å². The molecule has 5 heterocycles. The van der Waals surface area contributed by atoms with Crippen LogP contribution in [-0.4, -0.2) is 48.7 Å². The molecule has 192 valence electrons. The molecular weight excluding hydrogens is 505 g/mol. The molecular formula is C27H24FN7O2S. The van der Waals surface area contributed by atoms with Gasteiger partial charge in [0, 0.05) is 29.2 Å². The van der Waals surface area contributed by atoms with Gasteiger partial charge in [-0.1, -0.05) is 24.3 Å². The molecule has 4 aromatic heterocycles. The molecule has 0 bridgehead atoms. The molecule has 0 atom stereocenters. The summed E-state index contributed by atoms with van der Waals surface area (Å²) in [6, 6.07) is 16.2. The van der Waals surface area contributed by atoms with Crippen molar-refractivity contribution in [3.05, 3.63) is 95.5 Å². The van der Waals surface area contributed by atoms with Crippen molar-refractivity contribution in [2.75, 3.05) is 6.26 Å². The Hall–Kier alpha value is -4.22. The highest BCUT2D eigenvalue weighted by Gasteiger charge is 2.29. The van der Waals surface area contributed by atoms with Crippen molar-refractivity contribution in [3.63, 3.8) is 0 Å². The van der Waals surface area contributed by atoms with Crippen molar-refractivity contribution < 1.29 is 12.8 Å². The standard InChI is InChI=1S/C27H24FN7O2S/c1-17-6-5-9-22(30-17)26-20(14-34(33-26)13-19-7-3-4-8-21(19)28)18-10-11-29-23(12-18)27-31-24-15-35(38(2,36)37)16-25(24)32-27/h3-12,14H,13,15-16H2,1-2H3,(H,31,32). The molecule has 9 nitrogen and oxygen atoms in total. The molecule has 38 heavy (non-hydrogen) atoms. The molecule has 0 spiro atoms. The van der Waals surface area contributed by atoms with E-state index in [0.717, 1.165) is 22.5 Å². The Morgan fingerprint density at radius 2 is 1.87 bits per heavy atom. The summed E-state index contributed by atoms with van der Waals surface area (Å²) in [6.45, 7) is 2.68. The molecule has 0 fully saturated rings. The van der Waals surface area contributed by atoms with Gasteiger partial charge in [0.15, 0.2) is 5.82 Å². The van der Waals surface area contributed by atoms with Crippen LogP contribution in [0.1, 0.15) is 22.6 Å². The highest BCUT2D eigenvalue weighted by molar-refractivity contribution is 7.88. The van der Waals surface area contributed by atoms with Gasteiger partial charge in [0.25, 0.3) is 0 Å². The van der Waals surface area contributed by atoms with Crippen molar-refractivity contribution in [2.45, 2.75) is 26.6 Å². The lowest BCUT2D eigenvalue weighted by atomic mass is 10.0. The lowest BCUT2D eigenvalue weighted by molar-refractivity contribution is 0.431. The van der Waals surface area contributed by atoms with Gasteiger partial charge >= 0.3 is 0 Å². The minimum Gasteiger partial charge on any atom is -0.339 e. The van der Waals surface area contributed by atoms with E-state index in [-0.39, 0.29) is 25.5 Å². The Labute approximate surface area is 219 Å². The molecule has 1 aromatic carbocycles. The average Bonchev–Trinajstić information content (AvgIpc) is 3.59. The van der Waals surface area contributed by atoms with Crippen LogP contribution in [0.5, 0.6) is 0 Å². The predicted molar refractivity (Wildman–Crippen MR) is 141 cm³/mol. The zero-order chi connectivity index (χ0) is 26.4. The second-order valence-electron chi connectivity index (χ2n) is 9.32. The minimum atomic E-state index is -3.30. The minimum absolute atomic E-state index is 0.232. The lowest BCUT2D eigenvalue weighted by Crippen LogP contribution is -2.24. The van der Waals surface area contributed by atoms with Gasteiger partial charge in [-0.05, 0) is 42.8 Å². The SMILES string of the molecule is Cc1cccc(-c2nn(Cc3ccccc3F)cc2-c2ccnc(-c3nc4c([nH]3)CN(S(C)(=O)=O)C4)c2)n1. The molecule has 1 aliphatic heterocycles. The number of fused-ring (bicyclic) bond motifs is 1. The number of halogens is 1. The largest absolute Gasteiger partial charge is 0.339 e. The summed E-state index contributed by atoms with van der Waals surface area (Å²) in [4.78, 5) is 17.0. The van der Waals surface area contributed by atoms with Gasteiger partial charge in [-0.15, -0.1) is 0 Å². The molecule has 1 N–H and O–H groups in total. The Balaban J connectivity index is 1.39. The maximum Gasteiger partial charge on any atom is 0.211 e. The van der Waals surface area contributed by atoms with E-state index in [1.807, 2.05) is 43.5 Å². The van der Waals surface area contributed by atoms with Gasteiger partial charge in [0.2, 0.25) is 10.0 Å². The van der Waals surface area contributed by atoms with Gasteiger partial charge in [0.05, 0.1) is 43.0 Å². The Morgan fingerprint density at radius 1 is 1.03 bits per heavy atom. The van der Waals surface area contributed by atoms with Crippen molar-refractivity contribution >= 4 is 10.0 Å². The average molecular weight is 530 g/mol. The normalized spacial score (nSPS) is 13.7. The quantitative estimate of drug-likeness (QED) is 0.354. The Morgan fingerprint density at radius 3 is 2.63 bits per heavy atom. The van der Waals surface area contributed by atoms with Crippen LogP contribution in [0.15, 0.2) is 67.0 Å². The van der Waals surface area contributed by atoms with Crippen LogP contribution in [-0.2, 0) is 29.7 Å². The molecule has 1 aliphatic rings. The summed E-state index contributed by atoms with van der Waals surface area (Å²) < 4.78 is 41.3. The van der Waals surface area contributed by atoms with E-state index in [1.165, 1.54) is 16.6 Å². The number of H-pyrrole nitrogens is 1. The van der Waals surface area contributed by atoms with Gasteiger partial charge < -0.3 is 4.98 Å². The molecule has 5 aromatic rings. The van der Waals surface area contributed by atoms with Gasteiger partial charge in [-0.2, -0.15) is 9.40 Å². The van der Waals surface area contributed by atoms with E-state index >= 15 is 0 Å². The van der Waals surface area contributed by atoms with Crippen LogP contribution in [0.2, 0.25) is 0 Å². The summed E-state index contributed by atoms with van der Waals surface area (Å²) >= 11 is 0. The fourth-order valence-electron chi connectivity index (χ4n) is 4.57. The zero-order valence-corrected chi connectivity index (χ0v) is 21.6. The molecule has 0 unspecified atom stereocenters. The molecule has 0 saturated heterocycles. The molecule has 0 saturated carbocycles. The number of aromatic nitrogens is 6. The van der Waals surface area contributed by atoms with Crippen LogP contribution in [0.4, 0.5) is 4.39 Å². The summed E-state index contributed by atoms with van der Waals surface area (Å²) in [6.07, 6.45) is 4.78. The molecule has 6 rings (SSSR count). The molecule has 11 heteroatoms. The number of hydrogen-bond donors (Lipinski definition) is 1. The third-order valence-corrected chi connectivity index (χ3v) is 7.69. The first-order valence-corrected chi connectivity index (χ1v) is 13.8. The predicted octanol–water partition coefficient (Wildman–Crippen LogP) is 4.17. The summed E-state index contributed by atoms with van der Waals surface area (Å²) in [5, 5.41) is 4.79. The van der Waals surface area contributed by atoms with E-state index in [1.54, 1.807) is 29.1 Å². The number of imidazole rings is 1. The Bertz CT molecular complexity index is 1750. The topological polar surface area (TPSA) is 110 Å². The van der Waals surface area contributed by atoms with Crippen LogP contribution >= 0.6 is 0 Å². The molecule has 0 radical (unpaired) electrons.